The summed E-state index contributed by atoms with van der Waals surface area (Å²) in [6.45, 7) is 4.29. The van der Waals surface area contributed by atoms with Crippen LogP contribution >= 0.6 is 35.6 Å². The Morgan fingerprint density at radius 1 is 1.00 bits per heavy atom. The molecule has 2 aromatic heterocycles. The molecule has 0 saturated carbocycles. The van der Waals surface area contributed by atoms with E-state index in [1.54, 1.807) is 30.5 Å². The van der Waals surface area contributed by atoms with Gasteiger partial charge >= 0.3 is 0 Å². The number of aromatic nitrogens is 2. The number of anilines is 2. The Labute approximate surface area is 250 Å². The predicted octanol–water partition coefficient (Wildman–Crippen LogP) is 5.52. The molecule has 7 nitrogen and oxygen atoms in total. The fourth-order valence-corrected chi connectivity index (χ4v) is 6.48. The largest absolute Gasteiger partial charge is 0.366 e. The molecule has 6 rings (SSSR count). The van der Waals surface area contributed by atoms with Crippen LogP contribution in [-0.2, 0) is 11.3 Å². The van der Waals surface area contributed by atoms with Gasteiger partial charge in [0.2, 0.25) is 0 Å². The average molecular weight is 606 g/mol. The summed E-state index contributed by atoms with van der Waals surface area (Å²) in [5, 5.41) is 0.551. The van der Waals surface area contributed by atoms with E-state index in [0.29, 0.717) is 63.1 Å². The van der Waals surface area contributed by atoms with E-state index in [0.717, 1.165) is 22.9 Å². The van der Waals surface area contributed by atoms with Gasteiger partial charge < -0.3 is 9.80 Å². The van der Waals surface area contributed by atoms with Gasteiger partial charge in [-0.05, 0) is 48.4 Å². The first kappa shape index (κ1) is 27.4. The minimum absolute atomic E-state index is 0.237. The van der Waals surface area contributed by atoms with Crippen LogP contribution in [0.5, 0.6) is 0 Å². The fraction of sp³-hybridized carbons (Fsp3) is 0.200. The highest BCUT2D eigenvalue weighted by atomic mass is 35.5. The SMILES string of the molecule is Cc1ccc2nc(N3CCN(c4ccccc4F)CC3)c(C=C3SC(=S)N(Cc4ccccc4Cl)C3=O)c(=O)n2c1. The standard InChI is InChI=1S/C30H25ClFN5O2S2/c1-19-10-11-26-33-27(35-14-12-34(13-15-35)24-9-5-4-8-23(24)32)21(28(38)36(26)17-19)16-25-29(39)37(30(40)41-25)18-20-6-2-3-7-22(20)31/h2-11,16-17H,12-15,18H2,1H3. The zero-order valence-corrected chi connectivity index (χ0v) is 24.5. The van der Waals surface area contributed by atoms with E-state index < -0.39 is 0 Å². The summed E-state index contributed by atoms with van der Waals surface area (Å²) in [4.78, 5) is 38.1. The van der Waals surface area contributed by atoms with Gasteiger partial charge in [-0.15, -0.1) is 0 Å². The number of hydrogen-bond donors (Lipinski definition) is 0. The lowest BCUT2D eigenvalue weighted by molar-refractivity contribution is -0.122. The molecule has 2 aliphatic rings. The maximum absolute atomic E-state index is 14.4. The molecule has 2 fully saturated rings. The molecule has 0 radical (unpaired) electrons. The van der Waals surface area contributed by atoms with Crippen molar-refractivity contribution >= 4 is 69.0 Å². The average Bonchev–Trinajstić information content (AvgIpc) is 3.23. The minimum atomic E-state index is -0.288. The van der Waals surface area contributed by atoms with Gasteiger partial charge in [0, 0.05) is 37.4 Å². The number of carbonyl (C=O) groups is 1. The van der Waals surface area contributed by atoms with Crippen LogP contribution in [-0.4, -0.2) is 50.7 Å². The van der Waals surface area contributed by atoms with Crippen LogP contribution in [0, 0.1) is 12.7 Å². The number of fused-ring (bicyclic) bond motifs is 1. The van der Waals surface area contributed by atoms with Crippen molar-refractivity contribution in [2.75, 3.05) is 36.0 Å². The number of nitrogens with zero attached hydrogens (tertiary/aromatic N) is 5. The number of thioether (sulfide) groups is 1. The third-order valence-electron chi connectivity index (χ3n) is 7.19. The topological polar surface area (TPSA) is 61.2 Å². The van der Waals surface area contributed by atoms with Crippen LogP contribution in [0.4, 0.5) is 15.9 Å². The lowest BCUT2D eigenvalue weighted by Crippen LogP contribution is -2.47. The Kier molecular flexibility index (Phi) is 7.54. The highest BCUT2D eigenvalue weighted by Crippen LogP contribution is 2.35. The Morgan fingerprint density at radius 3 is 2.46 bits per heavy atom. The first-order chi connectivity index (χ1) is 19.8. The van der Waals surface area contributed by atoms with E-state index >= 15 is 0 Å². The van der Waals surface area contributed by atoms with Crippen molar-refractivity contribution in [3.05, 3.63) is 110 Å². The van der Waals surface area contributed by atoms with Crippen LogP contribution in [0.1, 0.15) is 16.7 Å². The second-order valence-corrected chi connectivity index (χ2v) is 12.0. The molecule has 2 saturated heterocycles. The van der Waals surface area contributed by atoms with Crippen molar-refractivity contribution < 1.29 is 9.18 Å². The quantitative estimate of drug-likeness (QED) is 0.219. The molecule has 0 bridgehead atoms. The molecule has 4 heterocycles. The van der Waals surface area contributed by atoms with Crippen LogP contribution in [0.2, 0.25) is 5.02 Å². The molecule has 2 aliphatic heterocycles. The van der Waals surface area contributed by atoms with Gasteiger partial charge in [0.15, 0.2) is 0 Å². The molecule has 0 atom stereocenters. The fourth-order valence-electron chi connectivity index (χ4n) is 5.05. The summed E-state index contributed by atoms with van der Waals surface area (Å²) in [7, 11) is 0. The molecule has 4 aromatic rings. The molecule has 0 aliphatic carbocycles. The third kappa shape index (κ3) is 5.35. The van der Waals surface area contributed by atoms with E-state index in [1.807, 2.05) is 53.1 Å². The first-order valence-electron chi connectivity index (χ1n) is 13.1. The summed E-state index contributed by atoms with van der Waals surface area (Å²) >= 11 is 13.0. The van der Waals surface area contributed by atoms with Crippen molar-refractivity contribution in [1.82, 2.24) is 14.3 Å². The van der Waals surface area contributed by atoms with E-state index in [-0.39, 0.29) is 23.8 Å². The maximum Gasteiger partial charge on any atom is 0.267 e. The predicted molar refractivity (Wildman–Crippen MR) is 167 cm³/mol. The summed E-state index contributed by atoms with van der Waals surface area (Å²) in [5.74, 6) is -0.0645. The van der Waals surface area contributed by atoms with Gasteiger partial charge in [-0.25, -0.2) is 9.37 Å². The van der Waals surface area contributed by atoms with Crippen molar-refractivity contribution in [3.63, 3.8) is 0 Å². The van der Waals surface area contributed by atoms with Crippen LogP contribution in [0.15, 0.2) is 76.6 Å². The summed E-state index contributed by atoms with van der Waals surface area (Å²) in [6, 6.07) is 17.7. The van der Waals surface area contributed by atoms with Crippen molar-refractivity contribution in [1.29, 1.82) is 0 Å². The Balaban J connectivity index is 1.36. The zero-order valence-electron chi connectivity index (χ0n) is 22.1. The van der Waals surface area contributed by atoms with Gasteiger partial charge in [-0.3, -0.25) is 18.9 Å². The van der Waals surface area contributed by atoms with E-state index in [2.05, 4.69) is 0 Å². The number of rotatable bonds is 5. The normalized spacial score (nSPS) is 16.9. The van der Waals surface area contributed by atoms with Crippen molar-refractivity contribution in [2.45, 2.75) is 13.5 Å². The number of thiocarbonyl (C=S) groups is 1. The first-order valence-corrected chi connectivity index (χ1v) is 14.7. The highest BCUT2D eigenvalue weighted by molar-refractivity contribution is 8.26. The number of hydrogen-bond acceptors (Lipinski definition) is 7. The number of carbonyl (C=O) groups excluding carboxylic acids is 1. The number of aryl methyl sites for hydroxylation is 1. The van der Waals surface area contributed by atoms with Gasteiger partial charge in [0.05, 0.1) is 22.7 Å². The van der Waals surface area contributed by atoms with Gasteiger partial charge in [0.25, 0.3) is 11.5 Å². The van der Waals surface area contributed by atoms with Gasteiger partial charge in [-0.1, -0.05) is 72.0 Å². The molecule has 41 heavy (non-hydrogen) atoms. The number of pyridine rings is 1. The number of para-hydroxylation sites is 1. The number of halogens is 2. The second-order valence-electron chi connectivity index (χ2n) is 9.87. The van der Waals surface area contributed by atoms with Gasteiger partial charge in [0.1, 0.15) is 21.6 Å². The lowest BCUT2D eigenvalue weighted by atomic mass is 10.2. The molecular weight excluding hydrogens is 581 g/mol. The van der Waals surface area contributed by atoms with E-state index in [9.17, 15) is 14.0 Å². The monoisotopic (exact) mass is 605 g/mol. The Morgan fingerprint density at radius 2 is 1.71 bits per heavy atom. The molecular formula is C30H25ClFN5O2S2. The molecule has 0 unspecified atom stereocenters. The molecule has 1 amide bonds. The second kappa shape index (κ2) is 11.3. The van der Waals surface area contributed by atoms with Crippen LogP contribution in [0.25, 0.3) is 11.7 Å². The zero-order chi connectivity index (χ0) is 28.7. The molecule has 208 valence electrons. The number of benzene rings is 2. The smallest absolute Gasteiger partial charge is 0.267 e. The Bertz CT molecular complexity index is 1780. The summed E-state index contributed by atoms with van der Waals surface area (Å²) in [6.07, 6.45) is 3.35. The van der Waals surface area contributed by atoms with E-state index in [4.69, 9.17) is 28.8 Å². The molecule has 2 aromatic carbocycles. The number of amides is 1. The minimum Gasteiger partial charge on any atom is -0.366 e. The third-order valence-corrected chi connectivity index (χ3v) is 8.94. The van der Waals surface area contributed by atoms with Crippen molar-refractivity contribution in [2.24, 2.45) is 0 Å². The lowest BCUT2D eigenvalue weighted by Gasteiger charge is -2.37. The molecule has 0 spiro atoms. The van der Waals surface area contributed by atoms with E-state index in [1.165, 1.54) is 15.4 Å². The summed E-state index contributed by atoms with van der Waals surface area (Å²) < 4.78 is 16.3. The summed E-state index contributed by atoms with van der Waals surface area (Å²) in [5.41, 5.74) is 2.78. The van der Waals surface area contributed by atoms with Crippen LogP contribution < -0.4 is 15.4 Å². The van der Waals surface area contributed by atoms with Gasteiger partial charge in [-0.2, -0.15) is 0 Å². The molecule has 11 heteroatoms. The van der Waals surface area contributed by atoms with Crippen LogP contribution in [0.3, 0.4) is 0 Å². The number of piperazine rings is 1. The highest BCUT2D eigenvalue weighted by Gasteiger charge is 2.33. The van der Waals surface area contributed by atoms with Crippen molar-refractivity contribution in [3.8, 4) is 0 Å². The molecule has 0 N–H and O–H groups in total. The Hall–Kier alpha value is -3.73. The maximum atomic E-state index is 14.4.